The predicted molar refractivity (Wildman–Crippen MR) is 72.0 cm³/mol. The maximum atomic E-state index is 11.9. The molecule has 0 radical (unpaired) electrons. The van der Waals surface area contributed by atoms with Crippen molar-refractivity contribution in [2.24, 2.45) is 0 Å². The normalized spacial score (nSPS) is 10.5. The zero-order chi connectivity index (χ0) is 13.0. The van der Waals surface area contributed by atoms with Gasteiger partial charge in [-0.25, -0.2) is 8.42 Å². The van der Waals surface area contributed by atoms with E-state index >= 15 is 0 Å². The van der Waals surface area contributed by atoms with Crippen LogP contribution < -0.4 is 0 Å². The van der Waals surface area contributed by atoms with Crippen LogP contribution in [0.4, 0.5) is 0 Å². The van der Waals surface area contributed by atoms with Crippen molar-refractivity contribution >= 4 is 21.4 Å². The fourth-order valence-corrected chi connectivity index (χ4v) is 2.31. The van der Waals surface area contributed by atoms with Crippen LogP contribution in [0.15, 0.2) is 59.5 Å². The largest absolute Gasteiger partial charge is 0.245 e. The molecule has 0 aromatic heterocycles. The van der Waals surface area contributed by atoms with E-state index in [1.54, 1.807) is 24.3 Å². The molecule has 0 bridgehead atoms. The average Bonchev–Trinajstić information content (AvgIpc) is 2.38. The van der Waals surface area contributed by atoms with E-state index in [2.05, 4.69) is 11.2 Å². The fourth-order valence-electron chi connectivity index (χ4n) is 1.32. The van der Waals surface area contributed by atoms with Gasteiger partial charge in [-0.15, -0.1) is 0 Å². The summed E-state index contributed by atoms with van der Waals surface area (Å²) in [5.74, 6) is 2.63. The Morgan fingerprint density at radius 3 is 2.11 bits per heavy atom. The molecule has 0 aliphatic rings. The molecule has 0 amide bonds. The fraction of sp³-hybridized carbons (Fsp3) is 0. The van der Waals surface area contributed by atoms with Crippen molar-refractivity contribution in [3.8, 4) is 11.2 Å². The summed E-state index contributed by atoms with van der Waals surface area (Å²) in [4.78, 5) is 0.148. The van der Waals surface area contributed by atoms with Crippen molar-refractivity contribution in [3.05, 3.63) is 65.2 Å². The summed E-state index contributed by atoms with van der Waals surface area (Å²) in [5.41, 5.74) is 0.662. The Morgan fingerprint density at radius 2 is 1.50 bits per heavy atom. The van der Waals surface area contributed by atoms with E-state index in [1.165, 1.54) is 24.3 Å². The SMILES string of the molecule is O=S(=O)(C#Cc1ccccc1)c1ccc(Cl)cc1. The third-order valence-corrected chi connectivity index (χ3v) is 3.74. The van der Waals surface area contributed by atoms with E-state index < -0.39 is 9.84 Å². The van der Waals surface area contributed by atoms with Gasteiger partial charge in [0, 0.05) is 15.8 Å². The number of hydrogen-bond acceptors (Lipinski definition) is 2. The zero-order valence-electron chi connectivity index (χ0n) is 9.30. The number of rotatable bonds is 1. The highest BCUT2D eigenvalue weighted by Gasteiger charge is 2.09. The lowest BCUT2D eigenvalue weighted by molar-refractivity contribution is 0.606. The van der Waals surface area contributed by atoms with Crippen molar-refractivity contribution in [3.63, 3.8) is 0 Å². The lowest BCUT2D eigenvalue weighted by Gasteiger charge is -1.96. The summed E-state index contributed by atoms with van der Waals surface area (Å²) in [6.45, 7) is 0. The minimum Gasteiger partial charge on any atom is -0.210 e. The Hall–Kier alpha value is -1.76. The second kappa shape index (κ2) is 5.26. The summed E-state index contributed by atoms with van der Waals surface area (Å²) in [7, 11) is -3.59. The van der Waals surface area contributed by atoms with Crippen LogP contribution in [0.25, 0.3) is 0 Å². The molecule has 0 N–H and O–H groups in total. The standard InChI is InChI=1S/C14H9ClO2S/c15-13-6-8-14(9-7-13)18(16,17)11-10-12-4-2-1-3-5-12/h1-9H. The summed E-state index contributed by atoms with van der Waals surface area (Å²) in [6, 6.07) is 14.9. The minimum atomic E-state index is -3.59. The van der Waals surface area contributed by atoms with E-state index in [9.17, 15) is 8.42 Å². The molecule has 0 saturated heterocycles. The van der Waals surface area contributed by atoms with Gasteiger partial charge >= 0.3 is 0 Å². The molecule has 0 unspecified atom stereocenters. The number of halogens is 1. The highest BCUT2D eigenvalue weighted by atomic mass is 35.5. The molecule has 0 atom stereocenters. The molecule has 2 nitrogen and oxygen atoms in total. The molecule has 0 fully saturated rings. The summed E-state index contributed by atoms with van der Waals surface area (Å²) in [5, 5.41) is 2.78. The van der Waals surface area contributed by atoms with Gasteiger partial charge in [-0.3, -0.25) is 0 Å². The smallest absolute Gasteiger partial charge is 0.210 e. The van der Waals surface area contributed by atoms with Gasteiger partial charge < -0.3 is 0 Å². The monoisotopic (exact) mass is 276 g/mol. The molecular formula is C14H9ClO2S. The Balaban J connectivity index is 2.34. The Bertz CT molecular complexity index is 693. The highest BCUT2D eigenvalue weighted by molar-refractivity contribution is 7.96. The summed E-state index contributed by atoms with van der Waals surface area (Å²) >= 11 is 5.70. The zero-order valence-corrected chi connectivity index (χ0v) is 10.9. The first-order valence-electron chi connectivity index (χ1n) is 5.16. The first-order valence-corrected chi connectivity index (χ1v) is 7.02. The van der Waals surface area contributed by atoms with E-state index in [0.29, 0.717) is 10.6 Å². The second-order valence-electron chi connectivity index (χ2n) is 3.55. The van der Waals surface area contributed by atoms with Crippen molar-refractivity contribution in [1.82, 2.24) is 0 Å². The van der Waals surface area contributed by atoms with Gasteiger partial charge in [0.1, 0.15) is 0 Å². The molecular weight excluding hydrogens is 268 g/mol. The lowest BCUT2D eigenvalue weighted by Crippen LogP contribution is -1.96. The van der Waals surface area contributed by atoms with Crippen LogP contribution in [0.1, 0.15) is 5.56 Å². The van der Waals surface area contributed by atoms with Crippen molar-refractivity contribution in [2.45, 2.75) is 4.90 Å². The van der Waals surface area contributed by atoms with Crippen LogP contribution in [0.2, 0.25) is 5.02 Å². The number of benzene rings is 2. The van der Waals surface area contributed by atoms with Gasteiger partial charge in [0.05, 0.1) is 4.90 Å². The number of hydrogen-bond donors (Lipinski definition) is 0. The van der Waals surface area contributed by atoms with Crippen LogP contribution in [0.5, 0.6) is 0 Å². The predicted octanol–water partition coefficient (Wildman–Crippen LogP) is 3.12. The molecule has 2 rings (SSSR count). The van der Waals surface area contributed by atoms with E-state index in [0.717, 1.165) is 0 Å². The van der Waals surface area contributed by atoms with Gasteiger partial charge in [-0.2, -0.15) is 0 Å². The first kappa shape index (κ1) is 12.7. The molecule has 0 aliphatic carbocycles. The summed E-state index contributed by atoms with van der Waals surface area (Å²) < 4.78 is 23.8. The van der Waals surface area contributed by atoms with Crippen LogP contribution in [-0.4, -0.2) is 8.42 Å². The molecule has 18 heavy (non-hydrogen) atoms. The third-order valence-electron chi connectivity index (χ3n) is 2.23. The van der Waals surface area contributed by atoms with Crippen molar-refractivity contribution in [1.29, 1.82) is 0 Å². The Labute approximate surface area is 111 Å². The molecule has 2 aromatic carbocycles. The van der Waals surface area contributed by atoms with Crippen LogP contribution in [0.3, 0.4) is 0 Å². The quantitative estimate of drug-likeness (QED) is 0.750. The maximum Gasteiger partial charge on any atom is 0.245 e. The molecule has 4 heteroatoms. The molecule has 0 aliphatic heterocycles. The molecule has 2 aromatic rings. The third kappa shape index (κ3) is 3.13. The van der Waals surface area contributed by atoms with Gasteiger partial charge in [-0.05, 0) is 42.3 Å². The van der Waals surface area contributed by atoms with E-state index in [-0.39, 0.29) is 4.90 Å². The highest BCUT2D eigenvalue weighted by Crippen LogP contribution is 2.14. The van der Waals surface area contributed by atoms with Gasteiger partial charge in [0.25, 0.3) is 0 Å². The topological polar surface area (TPSA) is 34.1 Å². The first-order chi connectivity index (χ1) is 8.58. The molecule has 0 spiro atoms. The van der Waals surface area contributed by atoms with E-state index in [4.69, 9.17) is 11.6 Å². The Kier molecular flexibility index (Phi) is 3.71. The van der Waals surface area contributed by atoms with Crippen LogP contribution in [0, 0.1) is 11.2 Å². The second-order valence-corrected chi connectivity index (χ2v) is 5.67. The lowest BCUT2D eigenvalue weighted by atomic mass is 10.2. The van der Waals surface area contributed by atoms with Crippen LogP contribution >= 0.6 is 11.6 Å². The average molecular weight is 277 g/mol. The van der Waals surface area contributed by atoms with Gasteiger partial charge in [0.15, 0.2) is 0 Å². The minimum absolute atomic E-state index is 0.148. The van der Waals surface area contributed by atoms with Crippen molar-refractivity contribution < 1.29 is 8.42 Å². The molecule has 90 valence electrons. The van der Waals surface area contributed by atoms with Crippen molar-refractivity contribution in [2.75, 3.05) is 0 Å². The number of sulfone groups is 1. The molecule has 0 heterocycles. The van der Waals surface area contributed by atoms with Gasteiger partial charge in [-0.1, -0.05) is 29.8 Å². The maximum absolute atomic E-state index is 11.9. The van der Waals surface area contributed by atoms with Gasteiger partial charge in [0.2, 0.25) is 9.84 Å². The van der Waals surface area contributed by atoms with Crippen LogP contribution in [-0.2, 0) is 9.84 Å². The summed E-state index contributed by atoms with van der Waals surface area (Å²) in [6.07, 6.45) is 0. The Morgan fingerprint density at radius 1 is 0.889 bits per heavy atom. The van der Waals surface area contributed by atoms with E-state index in [1.807, 2.05) is 6.07 Å². The molecule has 0 saturated carbocycles.